The normalized spacial score (nSPS) is 33.1. The summed E-state index contributed by atoms with van der Waals surface area (Å²) in [6, 6.07) is 0. The van der Waals surface area contributed by atoms with Crippen molar-refractivity contribution in [1.82, 2.24) is 0 Å². The number of allylic oxidation sites excluding steroid dienone is 4. The predicted octanol–water partition coefficient (Wildman–Crippen LogP) is 3.16. The van der Waals surface area contributed by atoms with Crippen LogP contribution in [0.3, 0.4) is 0 Å². The highest BCUT2D eigenvalue weighted by molar-refractivity contribution is 5.43. The Labute approximate surface area is 69.0 Å². The molecule has 0 saturated heterocycles. The standard InChI is InChI=1S/C11H16/c1-9(2)10(3,4)11(9)7-5-6-8-11/h5-8H,1-4H3. The summed E-state index contributed by atoms with van der Waals surface area (Å²) >= 11 is 0. The molecule has 1 fully saturated rings. The lowest BCUT2D eigenvalue weighted by Crippen LogP contribution is -1.98. The van der Waals surface area contributed by atoms with E-state index in [2.05, 4.69) is 52.0 Å². The van der Waals surface area contributed by atoms with Crippen LogP contribution in [0.25, 0.3) is 0 Å². The Hall–Kier alpha value is -0.520. The molecule has 0 atom stereocenters. The lowest BCUT2D eigenvalue weighted by molar-refractivity contribution is 0.457. The zero-order valence-electron chi connectivity index (χ0n) is 7.81. The second-order valence-corrected chi connectivity index (χ2v) is 4.84. The molecule has 1 saturated carbocycles. The zero-order chi connectivity index (χ0) is 8.33. The van der Waals surface area contributed by atoms with E-state index in [4.69, 9.17) is 0 Å². The molecule has 11 heavy (non-hydrogen) atoms. The van der Waals surface area contributed by atoms with Gasteiger partial charge in [0.2, 0.25) is 0 Å². The first-order valence-electron chi connectivity index (χ1n) is 4.33. The molecule has 0 unspecified atom stereocenters. The van der Waals surface area contributed by atoms with Crippen molar-refractivity contribution < 1.29 is 0 Å². The van der Waals surface area contributed by atoms with Gasteiger partial charge < -0.3 is 0 Å². The highest BCUT2D eigenvalue weighted by Gasteiger charge is 2.74. The minimum Gasteiger partial charge on any atom is -0.0734 e. The van der Waals surface area contributed by atoms with Crippen molar-refractivity contribution in [2.24, 2.45) is 16.2 Å². The Balaban J connectivity index is 2.48. The molecular formula is C11H16. The second-order valence-electron chi connectivity index (χ2n) is 4.84. The molecule has 1 spiro atoms. The van der Waals surface area contributed by atoms with Gasteiger partial charge in [0.1, 0.15) is 0 Å². The predicted molar refractivity (Wildman–Crippen MR) is 48.3 cm³/mol. The zero-order valence-corrected chi connectivity index (χ0v) is 7.81. The smallest absolute Gasteiger partial charge is 0.0180 e. The molecule has 2 aliphatic carbocycles. The van der Waals surface area contributed by atoms with Gasteiger partial charge in [-0.05, 0) is 10.8 Å². The number of hydrogen-bond donors (Lipinski definition) is 0. The van der Waals surface area contributed by atoms with Gasteiger partial charge in [-0.25, -0.2) is 0 Å². The third-order valence-electron chi connectivity index (χ3n) is 4.40. The van der Waals surface area contributed by atoms with Crippen LogP contribution in [-0.2, 0) is 0 Å². The minimum atomic E-state index is 0.375. The van der Waals surface area contributed by atoms with Crippen LogP contribution in [0.15, 0.2) is 24.3 Å². The van der Waals surface area contributed by atoms with Crippen molar-refractivity contribution in [3.63, 3.8) is 0 Å². The first-order chi connectivity index (χ1) is 4.96. The molecule has 0 aliphatic heterocycles. The summed E-state index contributed by atoms with van der Waals surface area (Å²) < 4.78 is 0. The summed E-state index contributed by atoms with van der Waals surface area (Å²) in [5, 5.41) is 0. The van der Waals surface area contributed by atoms with Crippen molar-refractivity contribution >= 4 is 0 Å². The van der Waals surface area contributed by atoms with Crippen LogP contribution in [-0.4, -0.2) is 0 Å². The summed E-state index contributed by atoms with van der Waals surface area (Å²) in [4.78, 5) is 0. The Morgan fingerprint density at radius 3 is 1.27 bits per heavy atom. The fourth-order valence-corrected chi connectivity index (χ4v) is 2.70. The van der Waals surface area contributed by atoms with Gasteiger partial charge in [-0.2, -0.15) is 0 Å². The van der Waals surface area contributed by atoms with Crippen LogP contribution in [0.1, 0.15) is 27.7 Å². The van der Waals surface area contributed by atoms with Crippen LogP contribution in [0, 0.1) is 16.2 Å². The van der Waals surface area contributed by atoms with E-state index >= 15 is 0 Å². The lowest BCUT2D eigenvalue weighted by atomic mass is 9.97. The Morgan fingerprint density at radius 2 is 1.09 bits per heavy atom. The third kappa shape index (κ3) is 0.473. The van der Waals surface area contributed by atoms with Gasteiger partial charge in [-0.3, -0.25) is 0 Å². The molecule has 0 N–H and O–H groups in total. The average Bonchev–Trinajstić information content (AvgIpc) is 2.41. The molecular weight excluding hydrogens is 132 g/mol. The Morgan fingerprint density at radius 1 is 0.727 bits per heavy atom. The minimum absolute atomic E-state index is 0.375. The molecule has 0 amide bonds. The molecule has 2 rings (SSSR count). The summed E-state index contributed by atoms with van der Waals surface area (Å²) in [6.07, 6.45) is 9.06. The lowest BCUT2D eigenvalue weighted by Gasteiger charge is -2.06. The summed E-state index contributed by atoms with van der Waals surface area (Å²) in [5.41, 5.74) is 1.27. The van der Waals surface area contributed by atoms with Crippen LogP contribution in [0.2, 0.25) is 0 Å². The van der Waals surface area contributed by atoms with E-state index in [1.165, 1.54) is 0 Å². The van der Waals surface area contributed by atoms with E-state index in [0.29, 0.717) is 16.2 Å². The molecule has 0 heterocycles. The Bertz CT molecular complexity index is 223. The molecule has 0 nitrogen and oxygen atoms in total. The van der Waals surface area contributed by atoms with E-state index in [1.807, 2.05) is 0 Å². The summed E-state index contributed by atoms with van der Waals surface area (Å²) in [5.74, 6) is 0. The van der Waals surface area contributed by atoms with Crippen LogP contribution < -0.4 is 0 Å². The molecule has 0 aromatic carbocycles. The molecule has 2 aliphatic rings. The average molecular weight is 148 g/mol. The first kappa shape index (κ1) is 7.15. The highest BCUT2D eigenvalue weighted by atomic mass is 14.8. The Kier molecular flexibility index (Phi) is 0.960. The van der Waals surface area contributed by atoms with Gasteiger partial charge in [0.15, 0.2) is 0 Å². The van der Waals surface area contributed by atoms with Crippen LogP contribution >= 0.6 is 0 Å². The molecule has 0 aromatic rings. The second kappa shape index (κ2) is 1.48. The molecule has 0 heteroatoms. The van der Waals surface area contributed by atoms with E-state index in [9.17, 15) is 0 Å². The molecule has 0 bridgehead atoms. The fourth-order valence-electron chi connectivity index (χ4n) is 2.70. The van der Waals surface area contributed by atoms with Crippen molar-refractivity contribution in [2.75, 3.05) is 0 Å². The maximum atomic E-state index is 2.35. The van der Waals surface area contributed by atoms with Crippen molar-refractivity contribution in [3.05, 3.63) is 24.3 Å². The van der Waals surface area contributed by atoms with Gasteiger partial charge in [-0.15, -0.1) is 0 Å². The van der Waals surface area contributed by atoms with Gasteiger partial charge in [0.25, 0.3) is 0 Å². The van der Waals surface area contributed by atoms with Crippen molar-refractivity contribution in [1.29, 1.82) is 0 Å². The van der Waals surface area contributed by atoms with Gasteiger partial charge in [0, 0.05) is 5.41 Å². The SMILES string of the molecule is CC1(C)C(C)(C)C12C=CC=C2. The number of hydrogen-bond acceptors (Lipinski definition) is 0. The largest absolute Gasteiger partial charge is 0.0734 e. The molecule has 60 valence electrons. The van der Waals surface area contributed by atoms with E-state index in [-0.39, 0.29) is 0 Å². The maximum absolute atomic E-state index is 2.35. The van der Waals surface area contributed by atoms with Gasteiger partial charge in [-0.1, -0.05) is 52.0 Å². The van der Waals surface area contributed by atoms with E-state index in [1.54, 1.807) is 0 Å². The van der Waals surface area contributed by atoms with E-state index in [0.717, 1.165) is 0 Å². The topological polar surface area (TPSA) is 0 Å². The van der Waals surface area contributed by atoms with Crippen molar-refractivity contribution in [2.45, 2.75) is 27.7 Å². The molecule has 0 radical (unpaired) electrons. The van der Waals surface area contributed by atoms with Crippen LogP contribution in [0.4, 0.5) is 0 Å². The highest BCUT2D eigenvalue weighted by Crippen LogP contribution is 2.80. The molecule has 0 aromatic heterocycles. The quantitative estimate of drug-likeness (QED) is 0.495. The summed E-state index contributed by atoms with van der Waals surface area (Å²) in [7, 11) is 0. The monoisotopic (exact) mass is 148 g/mol. The van der Waals surface area contributed by atoms with Gasteiger partial charge in [0.05, 0.1) is 0 Å². The maximum Gasteiger partial charge on any atom is 0.0180 e. The number of rotatable bonds is 0. The van der Waals surface area contributed by atoms with Gasteiger partial charge >= 0.3 is 0 Å². The van der Waals surface area contributed by atoms with E-state index < -0.39 is 0 Å². The van der Waals surface area contributed by atoms with Crippen molar-refractivity contribution in [3.8, 4) is 0 Å². The first-order valence-corrected chi connectivity index (χ1v) is 4.33. The summed E-state index contributed by atoms with van der Waals surface area (Å²) in [6.45, 7) is 9.42. The third-order valence-corrected chi connectivity index (χ3v) is 4.40. The van der Waals surface area contributed by atoms with Crippen LogP contribution in [0.5, 0.6) is 0 Å². The fraction of sp³-hybridized carbons (Fsp3) is 0.636.